The topological polar surface area (TPSA) is 121 Å². The van der Waals surface area contributed by atoms with Crippen molar-refractivity contribution in [1.82, 2.24) is 14.8 Å². The number of nitrogens with one attached hydrogen (secondary N) is 1. The second-order valence-electron chi connectivity index (χ2n) is 6.13. The predicted molar refractivity (Wildman–Crippen MR) is 108 cm³/mol. The molecule has 3 heterocycles. The molecule has 4 rings (SSSR count). The molecule has 150 valence electrons. The Bertz CT molecular complexity index is 1060. The normalized spacial score (nSPS) is 15.1. The smallest absolute Gasteiger partial charge is 0.251 e. The summed E-state index contributed by atoms with van der Waals surface area (Å²) >= 11 is 2.47. The summed E-state index contributed by atoms with van der Waals surface area (Å²) in [5, 5.41) is 13.8. The van der Waals surface area contributed by atoms with Crippen molar-refractivity contribution in [1.29, 1.82) is 0 Å². The van der Waals surface area contributed by atoms with Crippen LogP contribution in [0.3, 0.4) is 0 Å². The molecule has 3 N–H and O–H groups in total. The average Bonchev–Trinajstić information content (AvgIpc) is 3.32. The Kier molecular flexibility index (Phi) is 5.41. The minimum absolute atomic E-state index is 0.104. The molecule has 0 fully saturated rings. The number of fused-ring (bicyclic) bond motifs is 1. The van der Waals surface area contributed by atoms with Gasteiger partial charge in [0.2, 0.25) is 5.91 Å². The fourth-order valence-electron chi connectivity index (χ4n) is 2.77. The number of anilines is 1. The molecule has 11 heteroatoms. The molecule has 0 bridgehead atoms. The first-order valence-electron chi connectivity index (χ1n) is 8.60. The summed E-state index contributed by atoms with van der Waals surface area (Å²) in [5.41, 5.74) is 5.59. The molecule has 1 aliphatic heterocycles. The first kappa shape index (κ1) is 19.3. The van der Waals surface area contributed by atoms with Crippen LogP contribution in [-0.2, 0) is 11.8 Å². The Balaban J connectivity index is 1.38. The van der Waals surface area contributed by atoms with Crippen LogP contribution in [0.2, 0.25) is 0 Å². The van der Waals surface area contributed by atoms with Crippen LogP contribution >= 0.6 is 23.1 Å². The third-order valence-corrected chi connectivity index (χ3v) is 6.03. The van der Waals surface area contributed by atoms with Gasteiger partial charge in [0, 0.05) is 7.05 Å². The number of para-hydroxylation sites is 2. The molecule has 0 saturated carbocycles. The number of thioether (sulfide) groups is 1. The molecule has 1 atom stereocenters. The highest BCUT2D eigenvalue weighted by Crippen LogP contribution is 2.35. The molecular formula is C18H17N5O4S2. The molecule has 2 aromatic heterocycles. The van der Waals surface area contributed by atoms with Crippen molar-refractivity contribution in [2.75, 3.05) is 17.7 Å². The maximum atomic E-state index is 12.2. The van der Waals surface area contributed by atoms with Crippen molar-refractivity contribution in [3.05, 3.63) is 47.1 Å². The van der Waals surface area contributed by atoms with Gasteiger partial charge in [0.1, 0.15) is 11.6 Å². The lowest BCUT2D eigenvalue weighted by molar-refractivity contribution is -0.113. The van der Waals surface area contributed by atoms with Crippen molar-refractivity contribution in [2.45, 2.75) is 11.3 Å². The van der Waals surface area contributed by atoms with Gasteiger partial charge in [0.15, 0.2) is 28.6 Å². The average molecular weight is 431 g/mol. The molecule has 1 aliphatic rings. The standard InChI is InChI=1S/C18H17N5O4S2/c1-23-16(13-8-26-11-4-2-3-5-12(11)27-13)21-22-18(23)29-9-14(24)20-17-10(15(19)25)6-7-28-17/h2-7,13H,8-9H2,1H3,(H2,19,25)(H,20,24)/t13-/m0/s1. The van der Waals surface area contributed by atoms with E-state index in [0.29, 0.717) is 39.7 Å². The van der Waals surface area contributed by atoms with Crippen molar-refractivity contribution < 1.29 is 19.1 Å². The van der Waals surface area contributed by atoms with Crippen LogP contribution in [0, 0.1) is 0 Å². The molecule has 0 saturated heterocycles. The summed E-state index contributed by atoms with van der Waals surface area (Å²) in [5.74, 6) is 1.21. The van der Waals surface area contributed by atoms with Gasteiger partial charge in [-0.1, -0.05) is 23.9 Å². The lowest BCUT2D eigenvalue weighted by atomic mass is 10.2. The summed E-state index contributed by atoms with van der Waals surface area (Å²) in [6.07, 6.45) is -0.394. The Morgan fingerprint density at radius 3 is 2.90 bits per heavy atom. The van der Waals surface area contributed by atoms with E-state index >= 15 is 0 Å². The van der Waals surface area contributed by atoms with Crippen LogP contribution in [0.5, 0.6) is 11.5 Å². The van der Waals surface area contributed by atoms with Crippen LogP contribution in [0.4, 0.5) is 5.00 Å². The molecule has 0 unspecified atom stereocenters. The number of amides is 2. The molecule has 1 aromatic carbocycles. The van der Waals surface area contributed by atoms with Gasteiger partial charge in [-0.2, -0.15) is 0 Å². The minimum Gasteiger partial charge on any atom is -0.485 e. The lowest BCUT2D eigenvalue weighted by Crippen LogP contribution is -2.24. The molecule has 3 aromatic rings. The second-order valence-corrected chi connectivity index (χ2v) is 7.99. The van der Waals surface area contributed by atoms with E-state index in [1.807, 2.05) is 31.3 Å². The zero-order valence-corrected chi connectivity index (χ0v) is 17.0. The zero-order chi connectivity index (χ0) is 20.4. The van der Waals surface area contributed by atoms with E-state index in [-0.39, 0.29) is 11.7 Å². The van der Waals surface area contributed by atoms with Crippen LogP contribution in [0.1, 0.15) is 22.3 Å². The number of primary amides is 1. The number of ether oxygens (including phenoxy) is 2. The Morgan fingerprint density at radius 1 is 1.31 bits per heavy atom. The molecule has 29 heavy (non-hydrogen) atoms. The Morgan fingerprint density at radius 2 is 2.10 bits per heavy atom. The van der Waals surface area contributed by atoms with E-state index in [9.17, 15) is 9.59 Å². The number of hydrogen-bond acceptors (Lipinski definition) is 8. The Labute approximate surface area is 174 Å². The van der Waals surface area contributed by atoms with Crippen LogP contribution in [0.15, 0.2) is 40.9 Å². The van der Waals surface area contributed by atoms with Gasteiger partial charge in [-0.25, -0.2) is 0 Å². The van der Waals surface area contributed by atoms with E-state index in [2.05, 4.69) is 15.5 Å². The number of nitrogens with zero attached hydrogens (tertiary/aromatic N) is 3. The number of aromatic nitrogens is 3. The van der Waals surface area contributed by atoms with Gasteiger partial charge in [-0.15, -0.1) is 21.5 Å². The summed E-state index contributed by atoms with van der Waals surface area (Å²) in [6.45, 7) is 0.322. The number of carbonyl (C=O) groups is 2. The first-order valence-corrected chi connectivity index (χ1v) is 10.5. The number of rotatable bonds is 6. The summed E-state index contributed by atoms with van der Waals surface area (Å²) < 4.78 is 13.5. The number of hydrogen-bond donors (Lipinski definition) is 2. The number of benzene rings is 1. The molecule has 2 amide bonds. The van der Waals surface area contributed by atoms with Gasteiger partial charge in [-0.05, 0) is 23.6 Å². The highest BCUT2D eigenvalue weighted by atomic mass is 32.2. The number of carbonyl (C=O) groups excluding carboxylic acids is 2. The third-order valence-electron chi connectivity index (χ3n) is 4.18. The summed E-state index contributed by atoms with van der Waals surface area (Å²) in [6, 6.07) is 9.02. The predicted octanol–water partition coefficient (Wildman–Crippen LogP) is 2.22. The van der Waals surface area contributed by atoms with Gasteiger partial charge >= 0.3 is 0 Å². The molecule has 9 nitrogen and oxygen atoms in total. The lowest BCUT2D eigenvalue weighted by Gasteiger charge is -2.25. The largest absolute Gasteiger partial charge is 0.485 e. The van der Waals surface area contributed by atoms with Crippen molar-refractivity contribution in [3.63, 3.8) is 0 Å². The summed E-state index contributed by atoms with van der Waals surface area (Å²) in [7, 11) is 1.81. The molecule has 0 radical (unpaired) electrons. The first-order chi connectivity index (χ1) is 14.0. The molecule has 0 aliphatic carbocycles. The minimum atomic E-state index is -0.580. The molecule has 0 spiro atoms. The highest BCUT2D eigenvalue weighted by Gasteiger charge is 2.27. The van der Waals surface area contributed by atoms with E-state index in [1.54, 1.807) is 16.0 Å². The van der Waals surface area contributed by atoms with Crippen molar-refractivity contribution >= 4 is 39.9 Å². The van der Waals surface area contributed by atoms with E-state index in [0.717, 1.165) is 0 Å². The van der Waals surface area contributed by atoms with Gasteiger partial charge in [-0.3, -0.25) is 9.59 Å². The number of thiophene rings is 1. The van der Waals surface area contributed by atoms with E-state index < -0.39 is 12.0 Å². The van der Waals surface area contributed by atoms with E-state index in [1.165, 1.54) is 23.1 Å². The van der Waals surface area contributed by atoms with Crippen LogP contribution in [-0.4, -0.2) is 38.9 Å². The van der Waals surface area contributed by atoms with Gasteiger partial charge in [0.25, 0.3) is 5.91 Å². The Hall–Kier alpha value is -3.05. The monoisotopic (exact) mass is 431 g/mol. The fraction of sp³-hybridized carbons (Fsp3) is 0.222. The quantitative estimate of drug-likeness (QED) is 0.574. The van der Waals surface area contributed by atoms with Crippen LogP contribution in [0.25, 0.3) is 0 Å². The molecular weight excluding hydrogens is 414 g/mol. The van der Waals surface area contributed by atoms with Gasteiger partial charge < -0.3 is 25.1 Å². The van der Waals surface area contributed by atoms with E-state index in [4.69, 9.17) is 15.2 Å². The highest BCUT2D eigenvalue weighted by molar-refractivity contribution is 7.99. The second kappa shape index (κ2) is 8.13. The number of nitrogens with two attached hydrogens (primary N) is 1. The fourth-order valence-corrected chi connectivity index (χ4v) is 4.30. The SMILES string of the molecule is Cn1c(SCC(=O)Nc2sccc2C(N)=O)nnc1[C@@H]1COc2ccccc2O1. The van der Waals surface area contributed by atoms with Crippen molar-refractivity contribution in [2.24, 2.45) is 12.8 Å². The maximum Gasteiger partial charge on any atom is 0.251 e. The maximum absolute atomic E-state index is 12.2. The zero-order valence-electron chi connectivity index (χ0n) is 15.3. The van der Waals surface area contributed by atoms with Crippen molar-refractivity contribution in [3.8, 4) is 11.5 Å². The third kappa shape index (κ3) is 4.05. The van der Waals surface area contributed by atoms with Crippen LogP contribution < -0.4 is 20.5 Å². The summed E-state index contributed by atoms with van der Waals surface area (Å²) in [4.78, 5) is 23.6. The van der Waals surface area contributed by atoms with Gasteiger partial charge in [0.05, 0.1) is 11.3 Å².